The zero-order valence-corrected chi connectivity index (χ0v) is 16.2. The molecule has 0 unspecified atom stereocenters. The van der Waals surface area contributed by atoms with Crippen molar-refractivity contribution in [2.75, 3.05) is 13.1 Å². The molecule has 1 aromatic heterocycles. The minimum atomic E-state index is -1.03. The number of likely N-dealkylation sites (tertiary alicyclic amines) is 1. The Kier molecular flexibility index (Phi) is 5.43. The number of halogens is 2. The molecule has 2 atom stereocenters. The zero-order chi connectivity index (χ0) is 19.8. The normalized spacial score (nSPS) is 20.8. The van der Waals surface area contributed by atoms with Crippen molar-refractivity contribution in [1.82, 2.24) is 19.4 Å². The van der Waals surface area contributed by atoms with E-state index in [0.29, 0.717) is 25.2 Å². The maximum atomic E-state index is 13.8. The number of amides is 1. The molecule has 0 aliphatic carbocycles. The molecule has 146 valence electrons. The summed E-state index contributed by atoms with van der Waals surface area (Å²) in [6.45, 7) is 7.02. The average molecular weight is 396 g/mol. The van der Waals surface area contributed by atoms with Crippen LogP contribution in [0.15, 0.2) is 23.6 Å². The molecule has 1 N–H and O–H groups in total. The lowest BCUT2D eigenvalue weighted by molar-refractivity contribution is 0.0676. The molecule has 0 saturated carbocycles. The van der Waals surface area contributed by atoms with Gasteiger partial charge in [-0.3, -0.25) is 9.80 Å². The number of benzene rings is 1. The first kappa shape index (κ1) is 19.6. The molecule has 1 aliphatic rings. The molecule has 1 amide bonds. The molecule has 2 aromatic rings. The summed E-state index contributed by atoms with van der Waals surface area (Å²) in [5.74, 6) is -2.11. The van der Waals surface area contributed by atoms with E-state index < -0.39 is 23.3 Å². The number of nitrogens with zero attached hydrogens (tertiary/aromatic N) is 4. The van der Waals surface area contributed by atoms with Crippen molar-refractivity contribution in [3.8, 4) is 0 Å². The molecule has 6 nitrogen and oxygen atoms in total. The maximum Gasteiger partial charge on any atom is 0.408 e. The Morgan fingerprint density at radius 1 is 1.33 bits per heavy atom. The number of aromatic nitrogens is 2. The third-order valence-corrected chi connectivity index (χ3v) is 5.34. The van der Waals surface area contributed by atoms with Gasteiger partial charge in [0, 0.05) is 36.5 Å². The van der Waals surface area contributed by atoms with E-state index in [1.807, 2.05) is 26.2 Å². The van der Waals surface area contributed by atoms with E-state index >= 15 is 0 Å². The van der Waals surface area contributed by atoms with Gasteiger partial charge in [-0.05, 0) is 50.0 Å². The van der Waals surface area contributed by atoms with E-state index in [1.165, 1.54) is 28.6 Å². The summed E-state index contributed by atoms with van der Waals surface area (Å²) in [6.07, 6.45) is -1.03. The number of carbonyl (C=O) groups is 1. The second-order valence-electron chi connectivity index (χ2n) is 7.76. The van der Waals surface area contributed by atoms with Crippen LogP contribution in [0.25, 0.3) is 0 Å². The molecule has 1 fully saturated rings. The second-order valence-corrected chi connectivity index (χ2v) is 8.37. The molecule has 27 heavy (non-hydrogen) atoms. The van der Waals surface area contributed by atoms with Gasteiger partial charge in [-0.2, -0.15) is 0 Å². The first-order valence-corrected chi connectivity index (χ1v) is 9.46. The molecule has 2 heterocycles. The molecule has 0 radical (unpaired) electrons. The van der Waals surface area contributed by atoms with Gasteiger partial charge in [-0.1, -0.05) is 10.6 Å². The van der Waals surface area contributed by atoms with Gasteiger partial charge in [-0.15, -0.1) is 5.10 Å². The van der Waals surface area contributed by atoms with E-state index in [1.54, 1.807) is 0 Å². The molecule has 1 aromatic carbocycles. The van der Waals surface area contributed by atoms with Gasteiger partial charge in [0.1, 0.15) is 0 Å². The van der Waals surface area contributed by atoms with Gasteiger partial charge in [0.05, 0.1) is 11.7 Å². The number of hydrogen-bond donors (Lipinski definition) is 1. The maximum absolute atomic E-state index is 13.8. The lowest BCUT2D eigenvalue weighted by Gasteiger charge is -2.40. The number of rotatable bonds is 4. The van der Waals surface area contributed by atoms with Crippen LogP contribution in [0, 0.1) is 11.6 Å². The number of hydrogen-bond acceptors (Lipinski definition) is 5. The molecule has 3 rings (SSSR count). The first-order chi connectivity index (χ1) is 12.7. The van der Waals surface area contributed by atoms with Gasteiger partial charge in [-0.25, -0.2) is 13.6 Å². The minimum Gasteiger partial charge on any atom is -0.465 e. The third-order valence-electron chi connectivity index (χ3n) is 4.79. The molecule has 0 spiro atoms. The van der Waals surface area contributed by atoms with Gasteiger partial charge in [0.25, 0.3) is 0 Å². The van der Waals surface area contributed by atoms with E-state index in [4.69, 9.17) is 0 Å². The fourth-order valence-corrected chi connectivity index (χ4v) is 4.18. The van der Waals surface area contributed by atoms with Crippen LogP contribution in [0.1, 0.15) is 37.9 Å². The molecule has 0 bridgehead atoms. The summed E-state index contributed by atoms with van der Waals surface area (Å²) in [5.41, 5.74) is 0.765. The van der Waals surface area contributed by atoms with Gasteiger partial charge < -0.3 is 5.11 Å². The topological polar surface area (TPSA) is 69.6 Å². The van der Waals surface area contributed by atoms with Crippen molar-refractivity contribution >= 4 is 17.6 Å². The largest absolute Gasteiger partial charge is 0.465 e. The Bertz CT molecular complexity index is 810. The van der Waals surface area contributed by atoms with Crippen molar-refractivity contribution < 1.29 is 18.7 Å². The van der Waals surface area contributed by atoms with Crippen molar-refractivity contribution in [3.63, 3.8) is 0 Å². The van der Waals surface area contributed by atoms with Crippen LogP contribution in [0.5, 0.6) is 0 Å². The van der Waals surface area contributed by atoms with Crippen LogP contribution in [0.2, 0.25) is 0 Å². The lowest BCUT2D eigenvalue weighted by Crippen LogP contribution is -2.53. The predicted molar refractivity (Wildman–Crippen MR) is 97.7 cm³/mol. The monoisotopic (exact) mass is 396 g/mol. The van der Waals surface area contributed by atoms with Gasteiger partial charge >= 0.3 is 6.09 Å². The summed E-state index contributed by atoms with van der Waals surface area (Å²) in [5, 5.41) is 15.7. The van der Waals surface area contributed by atoms with Crippen molar-refractivity contribution in [2.24, 2.45) is 0 Å². The molecule has 1 aliphatic heterocycles. The Morgan fingerprint density at radius 2 is 2.07 bits per heavy atom. The minimum absolute atomic E-state index is 0.276. The lowest BCUT2D eigenvalue weighted by atomic mass is 9.90. The highest BCUT2D eigenvalue weighted by Crippen LogP contribution is 2.35. The smallest absolute Gasteiger partial charge is 0.408 e. The standard InChI is InChI=1S/C18H22F2N4O2S/c1-18(2,3)24(17(25)26)16-9-23(7-12-10-27-22-21-12)8-13(16)11-4-5-14(19)15(20)6-11/h4-6,10,13,16H,7-9H2,1-3H3,(H,25,26)/t13-,16+/m0/s1. The fourth-order valence-electron chi connectivity index (χ4n) is 3.74. The van der Waals surface area contributed by atoms with Gasteiger partial charge in [0.2, 0.25) is 0 Å². The van der Waals surface area contributed by atoms with Crippen molar-refractivity contribution in [2.45, 2.75) is 44.8 Å². The van der Waals surface area contributed by atoms with Crippen molar-refractivity contribution in [1.29, 1.82) is 0 Å². The summed E-state index contributed by atoms with van der Waals surface area (Å²) >= 11 is 1.26. The van der Waals surface area contributed by atoms with Crippen LogP contribution in [0.3, 0.4) is 0 Å². The third kappa shape index (κ3) is 4.24. The Labute approximate surface area is 160 Å². The number of carboxylic acid groups (broad SMARTS) is 1. The van der Waals surface area contributed by atoms with Crippen LogP contribution in [0.4, 0.5) is 13.6 Å². The molecule has 9 heteroatoms. The van der Waals surface area contributed by atoms with E-state index in [9.17, 15) is 18.7 Å². The van der Waals surface area contributed by atoms with Crippen LogP contribution >= 0.6 is 11.5 Å². The van der Waals surface area contributed by atoms with Crippen LogP contribution < -0.4 is 0 Å². The molecular weight excluding hydrogens is 374 g/mol. The van der Waals surface area contributed by atoms with E-state index in [2.05, 4.69) is 14.5 Å². The highest BCUT2D eigenvalue weighted by Gasteiger charge is 2.44. The summed E-state index contributed by atoms with van der Waals surface area (Å²) in [4.78, 5) is 15.5. The average Bonchev–Trinajstić information content (AvgIpc) is 3.19. The molecular formula is C18H22F2N4O2S. The van der Waals surface area contributed by atoms with E-state index in [0.717, 1.165) is 11.8 Å². The first-order valence-electron chi connectivity index (χ1n) is 8.62. The van der Waals surface area contributed by atoms with E-state index in [-0.39, 0.29) is 12.0 Å². The zero-order valence-electron chi connectivity index (χ0n) is 15.4. The highest BCUT2D eigenvalue weighted by molar-refractivity contribution is 7.03. The predicted octanol–water partition coefficient (Wildman–Crippen LogP) is 3.56. The quantitative estimate of drug-likeness (QED) is 0.856. The van der Waals surface area contributed by atoms with Gasteiger partial charge in [0.15, 0.2) is 11.6 Å². The fraction of sp³-hybridized carbons (Fsp3) is 0.500. The summed E-state index contributed by atoms with van der Waals surface area (Å²) < 4.78 is 31.1. The SMILES string of the molecule is CC(C)(C)N(C(=O)O)[C@@H]1CN(Cc2csnn2)C[C@H]1c1ccc(F)c(F)c1. The Morgan fingerprint density at radius 3 is 2.63 bits per heavy atom. The Balaban J connectivity index is 1.94. The van der Waals surface area contributed by atoms with Crippen molar-refractivity contribution in [3.05, 3.63) is 46.5 Å². The summed E-state index contributed by atoms with van der Waals surface area (Å²) in [7, 11) is 0. The molecule has 1 saturated heterocycles. The van der Waals surface area contributed by atoms with Crippen LogP contribution in [-0.4, -0.2) is 55.3 Å². The second kappa shape index (κ2) is 7.47. The van der Waals surface area contributed by atoms with Crippen LogP contribution in [-0.2, 0) is 6.54 Å². The Hall–Kier alpha value is -2.13. The summed E-state index contributed by atoms with van der Waals surface area (Å²) in [6, 6.07) is 3.41. The highest BCUT2D eigenvalue weighted by atomic mass is 32.1.